The van der Waals surface area contributed by atoms with Gasteiger partial charge in [-0.15, -0.1) is 0 Å². The number of ketones is 1. The van der Waals surface area contributed by atoms with E-state index in [1.165, 1.54) is 0 Å². The van der Waals surface area contributed by atoms with Crippen LogP contribution >= 0.6 is 0 Å². The van der Waals surface area contributed by atoms with Gasteiger partial charge in [-0.1, -0.05) is 0 Å². The van der Waals surface area contributed by atoms with Crippen molar-refractivity contribution in [2.24, 2.45) is 5.92 Å². The Balaban J connectivity index is 2.43. The fourth-order valence-electron chi connectivity index (χ4n) is 1.80. The molecule has 17 heavy (non-hydrogen) atoms. The van der Waals surface area contributed by atoms with Crippen LogP contribution in [0.4, 0.5) is 0 Å². The zero-order chi connectivity index (χ0) is 12.4. The highest BCUT2D eigenvalue weighted by atomic mass is 16.5. The summed E-state index contributed by atoms with van der Waals surface area (Å²) in [5.41, 5.74) is 0.627. The predicted molar refractivity (Wildman–Crippen MR) is 63.2 cm³/mol. The molecule has 0 N–H and O–H groups in total. The molecule has 2 rings (SSSR count). The van der Waals surface area contributed by atoms with Crippen LogP contribution < -0.4 is 14.2 Å². The van der Waals surface area contributed by atoms with Crippen LogP contribution in [0.25, 0.3) is 0 Å². The first-order chi connectivity index (χ1) is 8.21. The summed E-state index contributed by atoms with van der Waals surface area (Å²) in [6.45, 7) is 0. The number of ether oxygens (including phenoxy) is 3. The number of hydrogen-bond donors (Lipinski definition) is 0. The Morgan fingerprint density at radius 1 is 1.06 bits per heavy atom. The van der Waals surface area contributed by atoms with E-state index in [1.54, 1.807) is 33.5 Å². The first kappa shape index (κ1) is 11.8. The van der Waals surface area contributed by atoms with Crippen LogP contribution in [0.15, 0.2) is 12.1 Å². The summed E-state index contributed by atoms with van der Waals surface area (Å²) in [6, 6.07) is 3.42. The van der Waals surface area contributed by atoms with Gasteiger partial charge in [0.2, 0.25) is 5.75 Å². The van der Waals surface area contributed by atoms with E-state index in [0.717, 1.165) is 12.8 Å². The predicted octanol–water partition coefficient (Wildman–Crippen LogP) is 2.31. The Labute approximate surface area is 100 Å². The van der Waals surface area contributed by atoms with Crippen LogP contribution in [-0.4, -0.2) is 27.1 Å². The quantitative estimate of drug-likeness (QED) is 0.736. The molecule has 1 aliphatic carbocycles. The van der Waals surface area contributed by atoms with Crippen LogP contribution in [0.2, 0.25) is 0 Å². The Morgan fingerprint density at radius 3 is 1.94 bits per heavy atom. The van der Waals surface area contributed by atoms with E-state index >= 15 is 0 Å². The number of carbonyl (C=O) groups is 1. The molecule has 0 radical (unpaired) electrons. The molecule has 4 nitrogen and oxygen atoms in total. The van der Waals surface area contributed by atoms with Crippen LogP contribution in [-0.2, 0) is 0 Å². The summed E-state index contributed by atoms with van der Waals surface area (Å²) in [7, 11) is 4.63. The third kappa shape index (κ3) is 2.20. The van der Waals surface area contributed by atoms with Crippen molar-refractivity contribution >= 4 is 5.78 Å². The zero-order valence-electron chi connectivity index (χ0n) is 10.3. The molecule has 0 aliphatic heterocycles. The smallest absolute Gasteiger partial charge is 0.203 e. The van der Waals surface area contributed by atoms with Gasteiger partial charge in [0.1, 0.15) is 0 Å². The molecule has 1 aromatic carbocycles. The van der Waals surface area contributed by atoms with Gasteiger partial charge < -0.3 is 14.2 Å². The summed E-state index contributed by atoms with van der Waals surface area (Å²) in [4.78, 5) is 12.0. The fourth-order valence-corrected chi connectivity index (χ4v) is 1.80. The number of hydrogen-bond acceptors (Lipinski definition) is 4. The van der Waals surface area contributed by atoms with Crippen molar-refractivity contribution in [3.05, 3.63) is 17.7 Å². The Hall–Kier alpha value is -1.71. The molecule has 0 bridgehead atoms. The second kappa shape index (κ2) is 4.65. The molecule has 1 saturated carbocycles. The van der Waals surface area contributed by atoms with E-state index in [9.17, 15) is 4.79 Å². The molecular weight excluding hydrogens is 220 g/mol. The average molecular weight is 236 g/mol. The van der Waals surface area contributed by atoms with Gasteiger partial charge in [0.15, 0.2) is 17.3 Å². The summed E-state index contributed by atoms with van der Waals surface area (Å²) in [6.07, 6.45) is 1.96. The largest absolute Gasteiger partial charge is 0.493 e. The number of Topliss-reactive ketones (excluding diaryl/α,β-unsaturated/α-hetero) is 1. The molecule has 0 amide bonds. The lowest BCUT2D eigenvalue weighted by atomic mass is 10.1. The van der Waals surface area contributed by atoms with Gasteiger partial charge in [-0.2, -0.15) is 0 Å². The van der Waals surface area contributed by atoms with E-state index in [2.05, 4.69) is 0 Å². The van der Waals surface area contributed by atoms with Gasteiger partial charge in [0.25, 0.3) is 0 Å². The minimum absolute atomic E-state index is 0.157. The van der Waals surface area contributed by atoms with Crippen molar-refractivity contribution in [3.8, 4) is 17.2 Å². The number of methoxy groups -OCH3 is 3. The first-order valence-electron chi connectivity index (χ1n) is 5.55. The molecular formula is C13H16O4. The number of rotatable bonds is 5. The van der Waals surface area contributed by atoms with Gasteiger partial charge in [0, 0.05) is 11.5 Å². The molecule has 4 heteroatoms. The maximum atomic E-state index is 12.0. The maximum absolute atomic E-state index is 12.0. The summed E-state index contributed by atoms with van der Waals surface area (Å²) in [5.74, 6) is 1.90. The lowest BCUT2D eigenvalue weighted by molar-refractivity contribution is 0.0967. The van der Waals surface area contributed by atoms with E-state index in [4.69, 9.17) is 14.2 Å². The molecule has 0 unspecified atom stereocenters. The van der Waals surface area contributed by atoms with Gasteiger partial charge in [-0.3, -0.25) is 4.79 Å². The lowest BCUT2D eigenvalue weighted by Crippen LogP contribution is -2.04. The number of benzene rings is 1. The summed E-state index contributed by atoms with van der Waals surface area (Å²) >= 11 is 0. The normalized spacial score (nSPS) is 14.3. The highest BCUT2D eigenvalue weighted by Crippen LogP contribution is 2.40. The Bertz CT molecular complexity index is 410. The molecule has 1 aromatic rings. The van der Waals surface area contributed by atoms with Crippen LogP contribution in [0.1, 0.15) is 23.2 Å². The number of carbonyl (C=O) groups excluding carboxylic acids is 1. The van der Waals surface area contributed by atoms with Gasteiger partial charge >= 0.3 is 0 Å². The minimum Gasteiger partial charge on any atom is -0.493 e. The zero-order valence-corrected chi connectivity index (χ0v) is 10.3. The molecule has 0 saturated heterocycles. The van der Waals surface area contributed by atoms with Crippen LogP contribution in [0.3, 0.4) is 0 Å². The maximum Gasteiger partial charge on any atom is 0.203 e. The SMILES string of the molecule is COc1cc(C(=O)C2CC2)cc(OC)c1OC. The van der Waals surface area contributed by atoms with Crippen LogP contribution in [0.5, 0.6) is 17.2 Å². The monoisotopic (exact) mass is 236 g/mol. The summed E-state index contributed by atoms with van der Waals surface area (Å²) in [5, 5.41) is 0. The van der Waals surface area contributed by atoms with Crippen molar-refractivity contribution in [1.29, 1.82) is 0 Å². The van der Waals surface area contributed by atoms with Gasteiger partial charge in [0.05, 0.1) is 21.3 Å². The molecule has 0 heterocycles. The standard InChI is InChI=1S/C13H16O4/c1-15-10-6-9(12(14)8-4-5-8)7-11(16-2)13(10)17-3/h6-8H,4-5H2,1-3H3. The Kier molecular flexibility index (Phi) is 3.22. The fraction of sp³-hybridized carbons (Fsp3) is 0.462. The van der Waals surface area contributed by atoms with Gasteiger partial charge in [-0.05, 0) is 25.0 Å². The van der Waals surface area contributed by atoms with E-state index in [-0.39, 0.29) is 11.7 Å². The second-order valence-electron chi connectivity index (χ2n) is 4.05. The topological polar surface area (TPSA) is 44.8 Å². The van der Waals surface area contributed by atoms with Crippen molar-refractivity contribution in [2.75, 3.05) is 21.3 Å². The molecule has 0 aromatic heterocycles. The second-order valence-corrected chi connectivity index (χ2v) is 4.05. The minimum atomic E-state index is 0.157. The van der Waals surface area contributed by atoms with E-state index < -0.39 is 0 Å². The molecule has 1 aliphatic rings. The molecule has 1 fully saturated rings. The molecule has 0 spiro atoms. The lowest BCUT2D eigenvalue weighted by Gasteiger charge is -2.13. The van der Waals surface area contributed by atoms with Crippen molar-refractivity contribution < 1.29 is 19.0 Å². The van der Waals surface area contributed by atoms with E-state index in [0.29, 0.717) is 22.8 Å². The first-order valence-corrected chi connectivity index (χ1v) is 5.55. The highest BCUT2D eigenvalue weighted by molar-refractivity contribution is 6.00. The van der Waals surface area contributed by atoms with Crippen molar-refractivity contribution in [1.82, 2.24) is 0 Å². The van der Waals surface area contributed by atoms with E-state index in [1.807, 2.05) is 0 Å². The third-order valence-corrected chi connectivity index (χ3v) is 2.90. The summed E-state index contributed by atoms with van der Waals surface area (Å²) < 4.78 is 15.6. The Morgan fingerprint density at radius 2 is 1.59 bits per heavy atom. The van der Waals surface area contributed by atoms with Crippen molar-refractivity contribution in [3.63, 3.8) is 0 Å². The van der Waals surface area contributed by atoms with Crippen molar-refractivity contribution in [2.45, 2.75) is 12.8 Å². The van der Waals surface area contributed by atoms with Gasteiger partial charge in [-0.25, -0.2) is 0 Å². The van der Waals surface area contributed by atoms with Crippen LogP contribution in [0, 0.1) is 5.92 Å². The molecule has 92 valence electrons. The average Bonchev–Trinajstić information content (AvgIpc) is 3.20. The molecule has 0 atom stereocenters. The third-order valence-electron chi connectivity index (χ3n) is 2.90. The highest BCUT2D eigenvalue weighted by Gasteiger charge is 2.31.